The van der Waals surface area contributed by atoms with Crippen molar-refractivity contribution < 1.29 is 14.3 Å². The fourth-order valence-corrected chi connectivity index (χ4v) is 3.92. The third-order valence-electron chi connectivity index (χ3n) is 5.83. The molecule has 1 amide bonds. The molecular weight excluding hydrogens is 434 g/mol. The van der Waals surface area contributed by atoms with Crippen LogP contribution in [-0.2, 0) is 11.3 Å². The number of para-hydroxylation sites is 1. The number of rotatable bonds is 7. The maximum Gasteiger partial charge on any atom is 0.278 e. The molecule has 0 saturated carbocycles. The summed E-state index contributed by atoms with van der Waals surface area (Å²) in [6.07, 6.45) is 0. The van der Waals surface area contributed by atoms with Crippen molar-refractivity contribution in [3.63, 3.8) is 0 Å². The third kappa shape index (κ3) is 4.12. The van der Waals surface area contributed by atoms with E-state index in [1.54, 1.807) is 50.9 Å². The molecule has 4 aromatic rings. The number of hydrogen-bond acceptors (Lipinski definition) is 6. The predicted octanol–water partition coefficient (Wildman–Crippen LogP) is 3.09. The Morgan fingerprint density at radius 1 is 1.06 bits per heavy atom. The summed E-state index contributed by atoms with van der Waals surface area (Å²) in [5.74, 6) is 0.944. The molecule has 0 fully saturated rings. The molecule has 34 heavy (non-hydrogen) atoms. The van der Waals surface area contributed by atoms with Crippen molar-refractivity contribution in [2.45, 2.75) is 33.4 Å². The maximum atomic E-state index is 13.4. The van der Waals surface area contributed by atoms with Gasteiger partial charge in [0.2, 0.25) is 5.91 Å². The number of aryl methyl sites for hydroxylation is 2. The van der Waals surface area contributed by atoms with Gasteiger partial charge < -0.3 is 14.8 Å². The largest absolute Gasteiger partial charge is 0.497 e. The molecule has 1 N–H and O–H groups in total. The molecule has 9 heteroatoms. The Morgan fingerprint density at radius 2 is 1.79 bits per heavy atom. The van der Waals surface area contributed by atoms with Crippen molar-refractivity contribution in [1.29, 1.82) is 0 Å². The molecule has 0 radical (unpaired) electrons. The number of carbonyl (C=O) groups excluding carboxylic acids is 1. The van der Waals surface area contributed by atoms with Crippen LogP contribution in [-0.4, -0.2) is 39.7 Å². The van der Waals surface area contributed by atoms with Crippen molar-refractivity contribution in [2.24, 2.45) is 0 Å². The molecular formula is C25H27N5O4. The van der Waals surface area contributed by atoms with E-state index in [1.165, 1.54) is 4.68 Å². The second kappa shape index (κ2) is 9.38. The SMILES string of the molecule is COc1ccc(OC)c(CNC(=O)[C@H](C)n2nc(C)c3nn(-c4ccccc4)c(C)c3c2=O)c1. The van der Waals surface area contributed by atoms with E-state index in [4.69, 9.17) is 9.47 Å². The number of hydrogen-bond donors (Lipinski definition) is 1. The van der Waals surface area contributed by atoms with Crippen LogP contribution in [0.25, 0.3) is 16.6 Å². The van der Waals surface area contributed by atoms with Crippen LogP contribution < -0.4 is 20.3 Å². The van der Waals surface area contributed by atoms with Gasteiger partial charge in [0.05, 0.1) is 36.7 Å². The minimum absolute atomic E-state index is 0.213. The Kier molecular flexibility index (Phi) is 6.36. The van der Waals surface area contributed by atoms with Gasteiger partial charge >= 0.3 is 0 Å². The van der Waals surface area contributed by atoms with Gasteiger partial charge in [-0.1, -0.05) is 18.2 Å². The van der Waals surface area contributed by atoms with Crippen LogP contribution in [0.15, 0.2) is 53.3 Å². The topological polar surface area (TPSA) is 100 Å². The highest BCUT2D eigenvalue weighted by atomic mass is 16.5. The van der Waals surface area contributed by atoms with Crippen molar-refractivity contribution in [3.8, 4) is 17.2 Å². The van der Waals surface area contributed by atoms with Crippen LogP contribution in [0.3, 0.4) is 0 Å². The van der Waals surface area contributed by atoms with Crippen LogP contribution in [0.4, 0.5) is 0 Å². The number of nitrogens with zero attached hydrogens (tertiary/aromatic N) is 4. The second-order valence-corrected chi connectivity index (χ2v) is 7.96. The summed E-state index contributed by atoms with van der Waals surface area (Å²) in [7, 11) is 3.14. The lowest BCUT2D eigenvalue weighted by Gasteiger charge is -2.16. The number of carbonyl (C=O) groups is 1. The molecule has 0 aliphatic rings. The summed E-state index contributed by atoms with van der Waals surface area (Å²) in [6.45, 7) is 5.48. The average molecular weight is 462 g/mol. The average Bonchev–Trinajstić information content (AvgIpc) is 3.22. The quantitative estimate of drug-likeness (QED) is 0.454. The molecule has 9 nitrogen and oxygen atoms in total. The Hall–Kier alpha value is -4.14. The van der Waals surface area contributed by atoms with Crippen LogP contribution in [0, 0.1) is 13.8 Å². The smallest absolute Gasteiger partial charge is 0.278 e. The highest BCUT2D eigenvalue weighted by Gasteiger charge is 2.23. The molecule has 176 valence electrons. The van der Waals surface area contributed by atoms with Crippen molar-refractivity contribution >= 4 is 16.8 Å². The number of methoxy groups -OCH3 is 2. The van der Waals surface area contributed by atoms with E-state index in [9.17, 15) is 9.59 Å². The summed E-state index contributed by atoms with van der Waals surface area (Å²) >= 11 is 0. The van der Waals surface area contributed by atoms with Gasteiger partial charge in [-0.2, -0.15) is 10.2 Å². The maximum absolute atomic E-state index is 13.4. The van der Waals surface area contributed by atoms with E-state index < -0.39 is 6.04 Å². The first kappa shape index (κ1) is 23.0. The first-order chi connectivity index (χ1) is 16.3. The first-order valence-corrected chi connectivity index (χ1v) is 10.9. The predicted molar refractivity (Wildman–Crippen MR) is 129 cm³/mol. The molecule has 2 heterocycles. The van der Waals surface area contributed by atoms with E-state index >= 15 is 0 Å². The van der Waals surface area contributed by atoms with Gasteiger partial charge in [0, 0.05) is 12.1 Å². The molecule has 0 saturated heterocycles. The van der Waals surface area contributed by atoms with E-state index in [0.717, 1.165) is 11.3 Å². The summed E-state index contributed by atoms with van der Waals surface area (Å²) in [5.41, 5.74) is 3.03. The first-order valence-electron chi connectivity index (χ1n) is 10.9. The van der Waals surface area contributed by atoms with Gasteiger partial charge in [0.25, 0.3) is 5.56 Å². The van der Waals surface area contributed by atoms with Gasteiger partial charge in [-0.25, -0.2) is 9.36 Å². The molecule has 0 aliphatic heterocycles. The van der Waals surface area contributed by atoms with E-state index in [0.29, 0.717) is 33.8 Å². The van der Waals surface area contributed by atoms with Crippen LogP contribution in [0.2, 0.25) is 0 Å². The monoisotopic (exact) mass is 461 g/mol. The summed E-state index contributed by atoms with van der Waals surface area (Å²) < 4.78 is 13.6. The molecule has 4 rings (SSSR count). The molecule has 2 aromatic carbocycles. The number of fused-ring (bicyclic) bond motifs is 1. The number of amides is 1. The van der Waals surface area contributed by atoms with Crippen molar-refractivity contribution in [2.75, 3.05) is 14.2 Å². The van der Waals surface area contributed by atoms with E-state index in [1.807, 2.05) is 37.3 Å². The Labute approximate surface area is 196 Å². The van der Waals surface area contributed by atoms with Gasteiger partial charge in [0.1, 0.15) is 23.1 Å². The number of nitrogens with one attached hydrogen (secondary N) is 1. The summed E-state index contributed by atoms with van der Waals surface area (Å²) in [4.78, 5) is 26.4. The number of aromatic nitrogens is 4. The fraction of sp³-hybridized carbons (Fsp3) is 0.280. The van der Waals surface area contributed by atoms with Gasteiger partial charge in [-0.15, -0.1) is 0 Å². The molecule has 0 aliphatic carbocycles. The molecule has 0 bridgehead atoms. The summed E-state index contributed by atoms with van der Waals surface area (Å²) in [5, 5.41) is 12.3. The van der Waals surface area contributed by atoms with E-state index in [2.05, 4.69) is 15.5 Å². The van der Waals surface area contributed by atoms with Crippen molar-refractivity contribution in [1.82, 2.24) is 24.9 Å². The van der Waals surface area contributed by atoms with Gasteiger partial charge in [-0.05, 0) is 51.1 Å². The molecule has 0 spiro atoms. The van der Waals surface area contributed by atoms with Crippen LogP contribution >= 0.6 is 0 Å². The normalized spacial score (nSPS) is 11.9. The van der Waals surface area contributed by atoms with E-state index in [-0.39, 0.29) is 18.0 Å². The lowest BCUT2D eigenvalue weighted by atomic mass is 10.1. The lowest BCUT2D eigenvalue weighted by molar-refractivity contribution is -0.124. The number of ether oxygens (including phenoxy) is 2. The Morgan fingerprint density at radius 3 is 2.47 bits per heavy atom. The second-order valence-electron chi connectivity index (χ2n) is 7.96. The zero-order valence-corrected chi connectivity index (χ0v) is 19.8. The molecule has 2 aromatic heterocycles. The van der Waals surface area contributed by atoms with Gasteiger partial charge in [-0.3, -0.25) is 9.59 Å². The zero-order chi connectivity index (χ0) is 24.4. The lowest BCUT2D eigenvalue weighted by Crippen LogP contribution is -2.37. The van der Waals surface area contributed by atoms with Crippen LogP contribution in [0.5, 0.6) is 11.5 Å². The third-order valence-corrected chi connectivity index (χ3v) is 5.83. The summed E-state index contributed by atoms with van der Waals surface area (Å²) in [6, 6.07) is 14.1. The zero-order valence-electron chi connectivity index (χ0n) is 19.8. The standard InChI is InChI=1S/C25H27N5O4/c1-15-23-22(16(2)29(28-23)19-9-7-6-8-10-19)25(32)30(27-15)17(3)24(31)26-14-18-13-20(33-4)11-12-21(18)34-5/h6-13,17H,14H2,1-5H3,(H,26,31)/t17-/m0/s1. The Balaban J connectivity index is 1.65. The minimum Gasteiger partial charge on any atom is -0.497 e. The minimum atomic E-state index is -0.827. The highest BCUT2D eigenvalue weighted by molar-refractivity contribution is 5.84. The molecule has 1 atom stereocenters. The van der Waals surface area contributed by atoms with Crippen LogP contribution in [0.1, 0.15) is 29.9 Å². The number of benzene rings is 2. The Bertz CT molecular complexity index is 1410. The van der Waals surface area contributed by atoms with Crippen molar-refractivity contribution in [3.05, 3.63) is 75.8 Å². The fourth-order valence-electron chi connectivity index (χ4n) is 3.92. The molecule has 0 unspecified atom stereocenters. The van der Waals surface area contributed by atoms with Gasteiger partial charge in [0.15, 0.2) is 0 Å². The highest BCUT2D eigenvalue weighted by Crippen LogP contribution is 2.24.